The Kier molecular flexibility index (Phi) is 7.16. The van der Waals surface area contributed by atoms with Crippen LogP contribution in [-0.2, 0) is 0 Å². The van der Waals surface area contributed by atoms with Crippen molar-refractivity contribution < 1.29 is 23.9 Å². The van der Waals surface area contributed by atoms with Gasteiger partial charge in [0.2, 0.25) is 5.88 Å². The molecule has 1 aliphatic rings. The number of hydrogen-bond acceptors (Lipinski definition) is 8. The first-order valence-electron chi connectivity index (χ1n) is 11.3. The second kappa shape index (κ2) is 10.6. The summed E-state index contributed by atoms with van der Waals surface area (Å²) in [6, 6.07) is 19.6. The van der Waals surface area contributed by atoms with Gasteiger partial charge in [0, 0.05) is 23.8 Å². The zero-order valence-electron chi connectivity index (χ0n) is 19.5. The van der Waals surface area contributed by atoms with Crippen molar-refractivity contribution >= 4 is 11.7 Å². The Hall–Kier alpha value is -4.84. The third-order valence-corrected chi connectivity index (χ3v) is 5.68. The predicted octanol–water partition coefficient (Wildman–Crippen LogP) is 5.21. The van der Waals surface area contributed by atoms with Crippen LogP contribution in [0.25, 0.3) is 0 Å². The lowest BCUT2D eigenvalue weighted by atomic mass is 9.83. The zero-order chi connectivity index (χ0) is 25.7. The van der Waals surface area contributed by atoms with Gasteiger partial charge in [0.05, 0.1) is 17.4 Å². The Labute approximate surface area is 207 Å². The molecule has 1 atom stereocenters. The molecule has 0 aliphatic carbocycles. The number of non-ortho nitro benzene ring substituents is 1. The van der Waals surface area contributed by atoms with E-state index in [0.29, 0.717) is 23.5 Å². The summed E-state index contributed by atoms with van der Waals surface area (Å²) in [5.41, 5.74) is 7.40. The van der Waals surface area contributed by atoms with Gasteiger partial charge in [0.25, 0.3) is 5.69 Å². The standard InChI is InChI=1S/C27H23N3O6/c1-2-3-13-34-23-10-5-4-9-21(23)27(31)35-19-11-12-20-24(15-19)36-26(29)22(16-28)25(20)17-7-6-8-18(14-17)30(32)33/h4-12,14-15,25H,2-3,13,29H2,1H3. The van der Waals surface area contributed by atoms with Gasteiger partial charge in [0.1, 0.15) is 34.5 Å². The van der Waals surface area contributed by atoms with E-state index in [9.17, 15) is 20.2 Å². The van der Waals surface area contributed by atoms with E-state index in [1.807, 2.05) is 13.0 Å². The zero-order valence-corrected chi connectivity index (χ0v) is 19.5. The minimum atomic E-state index is -0.684. The number of carbonyl (C=O) groups excluding carboxylic acids is 1. The van der Waals surface area contributed by atoms with Gasteiger partial charge >= 0.3 is 5.97 Å². The number of benzene rings is 3. The smallest absolute Gasteiger partial charge is 0.347 e. The number of nitriles is 1. The highest BCUT2D eigenvalue weighted by Crippen LogP contribution is 2.44. The summed E-state index contributed by atoms with van der Waals surface area (Å²) in [4.78, 5) is 23.7. The molecule has 2 N–H and O–H groups in total. The van der Waals surface area contributed by atoms with Gasteiger partial charge in [-0.25, -0.2) is 4.79 Å². The molecule has 1 aliphatic heterocycles. The molecule has 9 heteroatoms. The maximum atomic E-state index is 12.9. The summed E-state index contributed by atoms with van der Waals surface area (Å²) < 4.78 is 17.0. The van der Waals surface area contributed by atoms with E-state index in [2.05, 4.69) is 0 Å². The number of fused-ring (bicyclic) bond motifs is 1. The third kappa shape index (κ3) is 4.98. The van der Waals surface area contributed by atoms with Crippen molar-refractivity contribution in [2.75, 3.05) is 6.61 Å². The molecule has 0 aromatic heterocycles. The fourth-order valence-electron chi connectivity index (χ4n) is 3.91. The fourth-order valence-corrected chi connectivity index (χ4v) is 3.91. The average molecular weight is 485 g/mol. The molecule has 0 saturated heterocycles. The lowest BCUT2D eigenvalue weighted by Gasteiger charge is -2.26. The first-order valence-corrected chi connectivity index (χ1v) is 11.3. The minimum absolute atomic E-state index is 0.109. The number of nitro groups is 1. The van der Waals surface area contributed by atoms with Gasteiger partial charge in [-0.1, -0.05) is 43.7 Å². The van der Waals surface area contributed by atoms with Crippen molar-refractivity contribution in [3.05, 3.63) is 105 Å². The second-order valence-electron chi connectivity index (χ2n) is 8.06. The minimum Gasteiger partial charge on any atom is -0.493 e. The highest BCUT2D eigenvalue weighted by atomic mass is 16.6. The van der Waals surface area contributed by atoms with Crippen molar-refractivity contribution in [2.24, 2.45) is 5.73 Å². The molecule has 36 heavy (non-hydrogen) atoms. The number of nitrogens with zero attached hydrogens (tertiary/aromatic N) is 2. The molecular formula is C27H23N3O6. The summed E-state index contributed by atoms with van der Waals surface area (Å²) in [6.07, 6.45) is 1.82. The molecule has 0 fully saturated rings. The molecule has 1 unspecified atom stereocenters. The lowest BCUT2D eigenvalue weighted by Crippen LogP contribution is -2.21. The number of nitrogens with two attached hydrogens (primary N) is 1. The lowest BCUT2D eigenvalue weighted by molar-refractivity contribution is -0.384. The van der Waals surface area contributed by atoms with E-state index in [-0.39, 0.29) is 34.2 Å². The van der Waals surface area contributed by atoms with Gasteiger partial charge in [-0.05, 0) is 30.2 Å². The molecule has 4 rings (SSSR count). The maximum Gasteiger partial charge on any atom is 0.347 e. The summed E-state index contributed by atoms with van der Waals surface area (Å²) in [7, 11) is 0. The van der Waals surface area contributed by atoms with E-state index >= 15 is 0 Å². The molecule has 0 saturated carbocycles. The summed E-state index contributed by atoms with van der Waals surface area (Å²) in [6.45, 7) is 2.53. The summed E-state index contributed by atoms with van der Waals surface area (Å²) in [5.74, 6) is -0.499. The van der Waals surface area contributed by atoms with Gasteiger partial charge in [-0.2, -0.15) is 5.26 Å². The number of nitro benzene ring substituents is 1. The average Bonchev–Trinajstić information content (AvgIpc) is 2.88. The predicted molar refractivity (Wildman–Crippen MR) is 131 cm³/mol. The van der Waals surface area contributed by atoms with E-state index < -0.39 is 16.8 Å². The van der Waals surface area contributed by atoms with Crippen LogP contribution in [0.15, 0.2) is 78.2 Å². The quantitative estimate of drug-likeness (QED) is 0.151. The van der Waals surface area contributed by atoms with Crippen molar-refractivity contribution in [3.63, 3.8) is 0 Å². The molecule has 0 amide bonds. The number of rotatable bonds is 8. The van der Waals surface area contributed by atoms with Crippen LogP contribution >= 0.6 is 0 Å². The number of unbranched alkanes of at least 4 members (excludes halogenated alkanes) is 1. The number of para-hydroxylation sites is 1. The summed E-state index contributed by atoms with van der Waals surface area (Å²) >= 11 is 0. The van der Waals surface area contributed by atoms with Crippen LogP contribution in [0.3, 0.4) is 0 Å². The maximum absolute atomic E-state index is 12.9. The summed E-state index contributed by atoms with van der Waals surface area (Å²) in [5, 5.41) is 21.0. The largest absolute Gasteiger partial charge is 0.493 e. The molecule has 0 bridgehead atoms. The van der Waals surface area contributed by atoms with E-state index in [0.717, 1.165) is 12.8 Å². The Morgan fingerprint density at radius 3 is 2.72 bits per heavy atom. The highest BCUT2D eigenvalue weighted by Gasteiger charge is 2.32. The van der Waals surface area contributed by atoms with Crippen molar-refractivity contribution in [2.45, 2.75) is 25.7 Å². The van der Waals surface area contributed by atoms with Crippen LogP contribution in [0.1, 0.15) is 47.2 Å². The van der Waals surface area contributed by atoms with E-state index in [4.69, 9.17) is 19.9 Å². The number of hydrogen-bond donors (Lipinski definition) is 1. The van der Waals surface area contributed by atoms with Crippen LogP contribution in [-0.4, -0.2) is 17.5 Å². The van der Waals surface area contributed by atoms with E-state index in [1.54, 1.807) is 48.5 Å². The Bertz CT molecular complexity index is 1390. The van der Waals surface area contributed by atoms with Crippen molar-refractivity contribution in [1.82, 2.24) is 0 Å². The molecule has 9 nitrogen and oxygen atoms in total. The van der Waals surface area contributed by atoms with Crippen molar-refractivity contribution in [3.8, 4) is 23.3 Å². The highest BCUT2D eigenvalue weighted by molar-refractivity contribution is 5.94. The number of esters is 1. The Morgan fingerprint density at radius 1 is 1.17 bits per heavy atom. The Morgan fingerprint density at radius 2 is 1.97 bits per heavy atom. The number of allylic oxidation sites excluding steroid dienone is 1. The molecule has 182 valence electrons. The third-order valence-electron chi connectivity index (χ3n) is 5.68. The normalized spacial score (nSPS) is 14.3. The molecule has 1 heterocycles. The Balaban J connectivity index is 1.65. The number of ether oxygens (including phenoxy) is 3. The van der Waals surface area contributed by atoms with Crippen LogP contribution in [0.4, 0.5) is 5.69 Å². The van der Waals surface area contributed by atoms with Crippen LogP contribution in [0, 0.1) is 21.4 Å². The van der Waals surface area contributed by atoms with Crippen LogP contribution in [0.5, 0.6) is 17.2 Å². The van der Waals surface area contributed by atoms with Gasteiger partial charge in [-0.15, -0.1) is 0 Å². The van der Waals surface area contributed by atoms with Crippen LogP contribution < -0.4 is 19.9 Å². The second-order valence-corrected chi connectivity index (χ2v) is 8.06. The molecule has 0 spiro atoms. The first-order chi connectivity index (χ1) is 17.4. The molecule has 3 aromatic rings. The molecular weight excluding hydrogens is 462 g/mol. The van der Waals surface area contributed by atoms with Crippen molar-refractivity contribution in [1.29, 1.82) is 5.26 Å². The van der Waals surface area contributed by atoms with Gasteiger partial charge in [-0.3, -0.25) is 10.1 Å². The van der Waals surface area contributed by atoms with Gasteiger partial charge < -0.3 is 19.9 Å². The van der Waals surface area contributed by atoms with E-state index in [1.165, 1.54) is 18.2 Å². The molecule has 3 aromatic carbocycles. The monoisotopic (exact) mass is 485 g/mol. The number of carbonyl (C=O) groups is 1. The molecule has 0 radical (unpaired) electrons. The topological polar surface area (TPSA) is 138 Å². The van der Waals surface area contributed by atoms with Gasteiger partial charge in [0.15, 0.2) is 0 Å². The SMILES string of the molecule is CCCCOc1ccccc1C(=O)Oc1ccc2c(c1)OC(N)=C(C#N)C2c1cccc([N+](=O)[O-])c1. The fraction of sp³-hybridized carbons (Fsp3) is 0.185. The van der Waals surface area contributed by atoms with Crippen LogP contribution in [0.2, 0.25) is 0 Å². The first kappa shape index (κ1) is 24.3.